The van der Waals surface area contributed by atoms with E-state index in [4.69, 9.17) is 10.1 Å². The van der Waals surface area contributed by atoms with Crippen LogP contribution in [0.25, 0.3) is 0 Å². The molecular weight excluding hydrogens is 422 g/mol. The minimum Gasteiger partial charge on any atom is -0.394 e. The van der Waals surface area contributed by atoms with Crippen LogP contribution in [-0.2, 0) is 4.74 Å². The second kappa shape index (κ2) is 15.2. The zero-order valence-electron chi connectivity index (χ0n) is 21.4. The summed E-state index contributed by atoms with van der Waals surface area (Å²) in [6.45, 7) is 14.5. The van der Waals surface area contributed by atoms with Crippen LogP contribution in [0.1, 0.15) is 73.6 Å². The van der Waals surface area contributed by atoms with Gasteiger partial charge in [0.15, 0.2) is 0 Å². The lowest BCUT2D eigenvalue weighted by Crippen LogP contribution is -2.46. The van der Waals surface area contributed by atoms with Crippen molar-refractivity contribution >= 4 is 17.6 Å². The van der Waals surface area contributed by atoms with Crippen LogP contribution in [0, 0.1) is 17.2 Å². The largest absolute Gasteiger partial charge is 0.394 e. The fraction of sp³-hybridized carbons (Fsp3) is 0.875. The highest BCUT2D eigenvalue weighted by Gasteiger charge is 2.22. The lowest BCUT2D eigenvalue weighted by atomic mass is 10.0. The van der Waals surface area contributed by atoms with Gasteiger partial charge in [0.25, 0.3) is 0 Å². The van der Waals surface area contributed by atoms with Gasteiger partial charge in [-0.1, -0.05) is 20.8 Å². The number of ether oxygens (including phenoxy) is 1. The van der Waals surface area contributed by atoms with E-state index in [1.165, 1.54) is 6.42 Å². The first-order valence-electron chi connectivity index (χ1n) is 12.1. The van der Waals surface area contributed by atoms with Crippen LogP contribution in [0.3, 0.4) is 0 Å². The fourth-order valence-corrected chi connectivity index (χ4v) is 4.72. The molecule has 6 N–H and O–H groups in total. The predicted octanol–water partition coefficient (Wildman–Crippen LogP) is 3.61. The molecular formula is C24H49N5O2S. The van der Waals surface area contributed by atoms with Crippen molar-refractivity contribution in [1.29, 1.82) is 5.41 Å². The third-order valence-corrected chi connectivity index (χ3v) is 6.31. The number of hydrazine groups is 1. The van der Waals surface area contributed by atoms with Crippen molar-refractivity contribution < 1.29 is 9.84 Å². The first-order chi connectivity index (χ1) is 15.0. The number of amidine groups is 1. The topological polar surface area (TPSA) is 101 Å². The summed E-state index contributed by atoms with van der Waals surface area (Å²) in [5.41, 5.74) is 7.50. The summed E-state index contributed by atoms with van der Waals surface area (Å²) in [5, 5.41) is 25.4. The van der Waals surface area contributed by atoms with Gasteiger partial charge in [-0.25, -0.2) is 5.43 Å². The average Bonchev–Trinajstić information content (AvgIpc) is 2.70. The van der Waals surface area contributed by atoms with E-state index in [0.29, 0.717) is 17.7 Å². The van der Waals surface area contributed by atoms with Gasteiger partial charge in [0.2, 0.25) is 0 Å². The highest BCUT2D eigenvalue weighted by molar-refractivity contribution is 7.99. The Morgan fingerprint density at radius 3 is 2.47 bits per heavy atom. The van der Waals surface area contributed by atoms with E-state index in [9.17, 15) is 5.11 Å². The van der Waals surface area contributed by atoms with Crippen LogP contribution in [0.15, 0.2) is 11.8 Å². The molecule has 1 aliphatic heterocycles. The minimum atomic E-state index is -0.175. The van der Waals surface area contributed by atoms with E-state index in [-0.39, 0.29) is 29.7 Å². The number of rotatable bonds is 14. The second-order valence-corrected chi connectivity index (χ2v) is 11.5. The third kappa shape index (κ3) is 13.0. The van der Waals surface area contributed by atoms with Gasteiger partial charge in [-0.05, 0) is 77.0 Å². The first-order valence-corrected chi connectivity index (χ1v) is 13.4. The van der Waals surface area contributed by atoms with Gasteiger partial charge < -0.3 is 20.5 Å². The normalized spacial score (nSPS) is 20.7. The zero-order chi connectivity index (χ0) is 24.1. The molecule has 0 aromatic heterocycles. The van der Waals surface area contributed by atoms with Gasteiger partial charge in [0.1, 0.15) is 12.1 Å². The molecule has 8 heteroatoms. The summed E-state index contributed by atoms with van der Waals surface area (Å²) in [4.78, 5) is 0. The first kappa shape index (κ1) is 29.2. The summed E-state index contributed by atoms with van der Waals surface area (Å²) in [6, 6.07) is -0.0168. The molecule has 0 bridgehead atoms. The molecule has 3 unspecified atom stereocenters. The maximum absolute atomic E-state index is 9.92. The highest BCUT2D eigenvalue weighted by atomic mass is 32.2. The molecule has 0 saturated carbocycles. The zero-order valence-corrected chi connectivity index (χ0v) is 22.2. The Balaban J connectivity index is 2.79. The number of hydrogen-bond donors (Lipinski definition) is 6. The lowest BCUT2D eigenvalue weighted by molar-refractivity contribution is -0.0149. The number of aliphatic hydroxyl groups excluding tert-OH is 1. The molecule has 0 aliphatic carbocycles. The molecule has 4 atom stereocenters. The maximum atomic E-state index is 9.92. The molecule has 0 amide bonds. The van der Waals surface area contributed by atoms with Crippen LogP contribution in [0.2, 0.25) is 0 Å². The summed E-state index contributed by atoms with van der Waals surface area (Å²) in [5.74, 6) is 1.30. The average molecular weight is 472 g/mol. The molecule has 0 spiro atoms. The number of aliphatic hydroxyl groups is 1. The van der Waals surface area contributed by atoms with E-state index in [1.54, 1.807) is 11.8 Å². The van der Waals surface area contributed by atoms with Gasteiger partial charge >= 0.3 is 0 Å². The molecule has 1 saturated heterocycles. The fourth-order valence-electron chi connectivity index (χ4n) is 3.81. The lowest BCUT2D eigenvalue weighted by Gasteiger charge is -2.29. The van der Waals surface area contributed by atoms with Crippen molar-refractivity contribution in [3.8, 4) is 0 Å². The molecule has 1 rings (SSSR count). The van der Waals surface area contributed by atoms with Crippen molar-refractivity contribution in [1.82, 2.24) is 21.5 Å². The van der Waals surface area contributed by atoms with Gasteiger partial charge in [-0.3, -0.25) is 10.8 Å². The SMILES string of the molecule is CSC(CC(C)CNNC1CCCCO1)/C(=C\C(=N)NC(C)(C)C)N[C@@H](CO)CC(C)C. The number of hydrogen-bond acceptors (Lipinski definition) is 7. The predicted molar refractivity (Wildman–Crippen MR) is 138 cm³/mol. The van der Waals surface area contributed by atoms with Crippen LogP contribution in [0.4, 0.5) is 0 Å². The quantitative estimate of drug-likeness (QED) is 0.131. The van der Waals surface area contributed by atoms with Crippen molar-refractivity contribution in [2.75, 3.05) is 26.0 Å². The third-order valence-electron chi connectivity index (χ3n) is 5.30. The second-order valence-electron chi connectivity index (χ2n) is 10.5. The number of nitrogens with one attached hydrogen (secondary N) is 5. The Kier molecular flexibility index (Phi) is 13.9. The van der Waals surface area contributed by atoms with Gasteiger partial charge in [-0.15, -0.1) is 0 Å². The maximum Gasteiger partial charge on any atom is 0.120 e. The molecule has 1 aliphatic rings. The molecule has 7 nitrogen and oxygen atoms in total. The van der Waals surface area contributed by atoms with Crippen molar-refractivity contribution in [3.05, 3.63) is 11.8 Å². The van der Waals surface area contributed by atoms with E-state index in [0.717, 1.165) is 44.5 Å². The Morgan fingerprint density at radius 2 is 1.94 bits per heavy atom. The summed E-state index contributed by atoms with van der Waals surface area (Å²) < 4.78 is 5.72. The Hall–Kier alpha value is -0.800. The molecule has 0 aromatic rings. The molecule has 32 heavy (non-hydrogen) atoms. The minimum absolute atomic E-state index is 0.0168. The summed E-state index contributed by atoms with van der Waals surface area (Å²) in [7, 11) is 0. The highest BCUT2D eigenvalue weighted by Crippen LogP contribution is 2.24. The van der Waals surface area contributed by atoms with E-state index >= 15 is 0 Å². The van der Waals surface area contributed by atoms with Crippen LogP contribution < -0.4 is 21.5 Å². The van der Waals surface area contributed by atoms with E-state index < -0.39 is 0 Å². The van der Waals surface area contributed by atoms with E-state index in [1.807, 2.05) is 6.08 Å². The standard InChI is InChI=1S/C24H49N5O2S/c1-17(2)12-19(16-30)27-20(14-22(25)28-24(4,5)6)21(32-7)13-18(3)15-26-29-23-10-8-9-11-31-23/h14,17-19,21,23,26-27,29-30H,8-13,15-16H2,1-7H3,(H2,25,28)/b20-14+/t18?,19-,21?,23?/m1/s1. The molecule has 1 fully saturated rings. The van der Waals surface area contributed by atoms with Crippen molar-refractivity contribution in [3.63, 3.8) is 0 Å². The summed E-state index contributed by atoms with van der Waals surface area (Å²) >= 11 is 1.79. The van der Waals surface area contributed by atoms with Crippen LogP contribution in [-0.4, -0.2) is 60.0 Å². The monoisotopic (exact) mass is 471 g/mol. The van der Waals surface area contributed by atoms with E-state index in [2.05, 4.69) is 69.3 Å². The van der Waals surface area contributed by atoms with Gasteiger partial charge in [0.05, 0.1) is 6.61 Å². The smallest absolute Gasteiger partial charge is 0.120 e. The van der Waals surface area contributed by atoms with Gasteiger partial charge in [0, 0.05) is 35.7 Å². The molecule has 0 radical (unpaired) electrons. The van der Waals surface area contributed by atoms with Crippen LogP contribution >= 0.6 is 11.8 Å². The van der Waals surface area contributed by atoms with Crippen LogP contribution in [0.5, 0.6) is 0 Å². The summed E-state index contributed by atoms with van der Waals surface area (Å²) in [6.07, 6.45) is 9.38. The molecule has 188 valence electrons. The number of thioether (sulfide) groups is 1. The van der Waals surface area contributed by atoms with Gasteiger partial charge in [-0.2, -0.15) is 11.8 Å². The Labute approximate surface area is 200 Å². The molecule has 0 aromatic carbocycles. The van der Waals surface area contributed by atoms with Crippen molar-refractivity contribution in [2.45, 2.75) is 96.7 Å². The Morgan fingerprint density at radius 1 is 1.22 bits per heavy atom. The Bertz CT molecular complexity index is 559. The van der Waals surface area contributed by atoms with Crippen molar-refractivity contribution in [2.24, 2.45) is 11.8 Å². The molecule has 1 heterocycles.